The van der Waals surface area contributed by atoms with Gasteiger partial charge in [-0.25, -0.2) is 4.79 Å². The molecule has 0 amide bonds. The van der Waals surface area contributed by atoms with Crippen molar-refractivity contribution in [2.75, 3.05) is 12.0 Å². The van der Waals surface area contributed by atoms with Crippen LogP contribution in [0.15, 0.2) is 85.2 Å². The summed E-state index contributed by atoms with van der Waals surface area (Å²) < 4.78 is 7.10. The quantitative estimate of drug-likeness (QED) is 0.301. The van der Waals surface area contributed by atoms with Gasteiger partial charge in [-0.1, -0.05) is 24.3 Å². The minimum Gasteiger partial charge on any atom is -0.465 e. The number of aryl methyl sites for hydroxylation is 2. The Kier molecular flexibility index (Phi) is 6.09. The maximum atomic E-state index is 12.6. The molecule has 4 aromatic rings. The fraction of sp³-hybridized carbons (Fsp3) is 0.179. The molecule has 176 valence electrons. The first kappa shape index (κ1) is 22.8. The molecule has 1 aliphatic heterocycles. The number of benzene rings is 2. The summed E-state index contributed by atoms with van der Waals surface area (Å²) in [6.45, 7) is 4.17. The van der Waals surface area contributed by atoms with Crippen molar-refractivity contribution in [1.29, 1.82) is 0 Å². The van der Waals surface area contributed by atoms with E-state index in [0.717, 1.165) is 33.9 Å². The van der Waals surface area contributed by atoms with Crippen molar-refractivity contribution in [2.24, 2.45) is 0 Å². The van der Waals surface area contributed by atoms with Crippen LogP contribution in [0.25, 0.3) is 5.69 Å². The first-order chi connectivity index (χ1) is 17.0. The number of aromatic nitrogens is 2. The van der Waals surface area contributed by atoms with Crippen LogP contribution < -0.4 is 10.2 Å². The molecule has 1 saturated heterocycles. The van der Waals surface area contributed by atoms with Crippen LogP contribution in [-0.4, -0.2) is 27.7 Å². The van der Waals surface area contributed by atoms with E-state index in [9.17, 15) is 4.79 Å². The molecule has 2 aromatic carbocycles. The monoisotopic (exact) mass is 482 g/mol. The Hall–Kier alpha value is -3.97. The van der Waals surface area contributed by atoms with Crippen LogP contribution >= 0.6 is 12.2 Å². The number of hydrogen-bond acceptors (Lipinski definition) is 4. The van der Waals surface area contributed by atoms with Gasteiger partial charge in [0.05, 0.1) is 30.1 Å². The Bertz CT molecular complexity index is 1380. The minimum absolute atomic E-state index is 0.191. The number of nitrogens with one attached hydrogen (secondary N) is 1. The van der Waals surface area contributed by atoms with Gasteiger partial charge >= 0.3 is 5.97 Å². The fourth-order valence-electron chi connectivity index (χ4n) is 4.84. The maximum absolute atomic E-state index is 12.6. The zero-order chi connectivity index (χ0) is 24.5. The van der Waals surface area contributed by atoms with E-state index >= 15 is 0 Å². The third-order valence-electron chi connectivity index (χ3n) is 6.23. The second kappa shape index (κ2) is 9.35. The minimum atomic E-state index is -0.382. The van der Waals surface area contributed by atoms with Gasteiger partial charge in [0.2, 0.25) is 0 Å². The van der Waals surface area contributed by atoms with Crippen LogP contribution in [-0.2, 0) is 4.74 Å². The number of hydrogen-bond donors (Lipinski definition) is 1. The normalized spacial score (nSPS) is 17.3. The van der Waals surface area contributed by atoms with Gasteiger partial charge in [-0.3, -0.25) is 4.98 Å². The average molecular weight is 483 g/mol. The molecule has 1 N–H and O–H groups in total. The average Bonchev–Trinajstić information content (AvgIpc) is 3.47. The van der Waals surface area contributed by atoms with E-state index in [1.807, 2.05) is 53.2 Å². The summed E-state index contributed by atoms with van der Waals surface area (Å²) in [5, 5.41) is 4.14. The summed E-state index contributed by atoms with van der Waals surface area (Å²) in [5.41, 5.74) is 6.44. The third-order valence-corrected chi connectivity index (χ3v) is 6.55. The molecule has 0 unspecified atom stereocenters. The van der Waals surface area contributed by atoms with Crippen molar-refractivity contribution in [1.82, 2.24) is 14.9 Å². The highest BCUT2D eigenvalue weighted by Crippen LogP contribution is 2.42. The van der Waals surface area contributed by atoms with E-state index in [4.69, 9.17) is 17.0 Å². The number of anilines is 1. The van der Waals surface area contributed by atoms with Crippen molar-refractivity contribution in [2.45, 2.75) is 25.9 Å². The largest absolute Gasteiger partial charge is 0.465 e. The molecule has 1 fully saturated rings. The summed E-state index contributed by atoms with van der Waals surface area (Å²) in [6, 6.07) is 23.4. The lowest BCUT2D eigenvalue weighted by Gasteiger charge is -2.29. The van der Waals surface area contributed by atoms with Gasteiger partial charge in [-0.15, -0.1) is 0 Å². The molecule has 1 aliphatic rings. The van der Waals surface area contributed by atoms with E-state index in [-0.39, 0.29) is 18.1 Å². The van der Waals surface area contributed by atoms with E-state index in [1.54, 1.807) is 12.3 Å². The van der Waals surface area contributed by atoms with Crippen molar-refractivity contribution in [3.05, 3.63) is 113 Å². The van der Waals surface area contributed by atoms with E-state index in [2.05, 4.69) is 53.3 Å². The molecule has 2 atom stereocenters. The predicted octanol–water partition coefficient (Wildman–Crippen LogP) is 5.45. The summed E-state index contributed by atoms with van der Waals surface area (Å²) in [5.74, 6) is -0.382. The Morgan fingerprint density at radius 1 is 1.00 bits per heavy atom. The molecular weight excluding hydrogens is 456 g/mol. The van der Waals surface area contributed by atoms with Crippen LogP contribution in [0.1, 0.15) is 45.0 Å². The summed E-state index contributed by atoms with van der Waals surface area (Å²) in [7, 11) is 1.40. The summed E-state index contributed by atoms with van der Waals surface area (Å²) in [6.07, 6.45) is 3.76. The van der Waals surface area contributed by atoms with Crippen LogP contribution in [0.2, 0.25) is 0 Å². The standard InChI is InChI=1S/C28H26N4O2S/c1-18-15-19(2)17-20(16-18)32-26(25(30-28(32)35)22-10-6-7-13-29-22)24-12-8-14-31(24)23-11-5-4-9-21(23)27(33)34-3/h4-17,25-26H,1-3H3,(H,30,35)/t25-,26-/m0/s1. The number of carbonyl (C=O) groups is 1. The second-order valence-corrected chi connectivity index (χ2v) is 9.04. The highest BCUT2D eigenvalue weighted by atomic mass is 32.1. The molecule has 7 heteroatoms. The summed E-state index contributed by atoms with van der Waals surface area (Å²) >= 11 is 5.89. The number of methoxy groups -OCH3 is 1. The van der Waals surface area contributed by atoms with Crippen LogP contribution in [0.4, 0.5) is 5.69 Å². The first-order valence-electron chi connectivity index (χ1n) is 11.4. The number of esters is 1. The van der Waals surface area contributed by atoms with Gasteiger partial charge in [-0.2, -0.15) is 0 Å². The summed E-state index contributed by atoms with van der Waals surface area (Å²) in [4.78, 5) is 19.4. The smallest absolute Gasteiger partial charge is 0.339 e. The molecule has 0 bridgehead atoms. The molecular formula is C28H26N4O2S. The topological polar surface area (TPSA) is 59.4 Å². The van der Waals surface area contributed by atoms with Gasteiger partial charge in [0.15, 0.2) is 5.11 Å². The van der Waals surface area contributed by atoms with Crippen molar-refractivity contribution < 1.29 is 9.53 Å². The molecule has 35 heavy (non-hydrogen) atoms. The number of thiocarbonyl (C=S) groups is 1. The third kappa shape index (κ3) is 4.19. The van der Waals surface area contributed by atoms with Gasteiger partial charge in [0, 0.05) is 23.8 Å². The molecule has 3 heterocycles. The van der Waals surface area contributed by atoms with Crippen molar-refractivity contribution in [3.63, 3.8) is 0 Å². The van der Waals surface area contributed by atoms with Gasteiger partial charge < -0.3 is 19.5 Å². The van der Waals surface area contributed by atoms with E-state index < -0.39 is 0 Å². The molecule has 0 aliphatic carbocycles. The number of nitrogens with zero attached hydrogens (tertiary/aromatic N) is 3. The molecule has 0 radical (unpaired) electrons. The number of pyridine rings is 1. The zero-order valence-electron chi connectivity index (χ0n) is 19.8. The van der Waals surface area contributed by atoms with Crippen molar-refractivity contribution in [3.8, 4) is 5.69 Å². The molecule has 5 rings (SSSR count). The number of carbonyl (C=O) groups excluding carboxylic acids is 1. The number of ether oxygens (including phenoxy) is 1. The lowest BCUT2D eigenvalue weighted by Crippen LogP contribution is -2.30. The molecule has 6 nitrogen and oxygen atoms in total. The van der Waals surface area contributed by atoms with E-state index in [0.29, 0.717) is 10.7 Å². The highest BCUT2D eigenvalue weighted by molar-refractivity contribution is 7.80. The Labute approximate surface area is 210 Å². The Balaban J connectivity index is 1.71. The van der Waals surface area contributed by atoms with Gasteiger partial charge in [0.1, 0.15) is 6.04 Å². The second-order valence-electron chi connectivity index (χ2n) is 8.65. The number of rotatable bonds is 5. The van der Waals surface area contributed by atoms with Gasteiger partial charge in [0.25, 0.3) is 0 Å². The lowest BCUT2D eigenvalue weighted by molar-refractivity contribution is 0.0600. The zero-order valence-corrected chi connectivity index (χ0v) is 20.6. The molecule has 0 spiro atoms. The predicted molar refractivity (Wildman–Crippen MR) is 141 cm³/mol. The van der Waals surface area contributed by atoms with Crippen LogP contribution in [0, 0.1) is 13.8 Å². The number of para-hydroxylation sites is 1. The van der Waals surface area contributed by atoms with Crippen LogP contribution in [0.3, 0.4) is 0 Å². The highest BCUT2D eigenvalue weighted by Gasteiger charge is 2.42. The molecule has 2 aromatic heterocycles. The SMILES string of the molecule is COC(=O)c1ccccc1-n1cccc1[C@H]1[C@H](c2ccccn2)NC(=S)N1c1cc(C)cc(C)c1. The molecule has 0 saturated carbocycles. The first-order valence-corrected chi connectivity index (χ1v) is 11.8. The van der Waals surface area contributed by atoms with Crippen molar-refractivity contribution >= 4 is 29.0 Å². The van der Waals surface area contributed by atoms with Crippen LogP contribution in [0.5, 0.6) is 0 Å². The van der Waals surface area contributed by atoms with Gasteiger partial charge in [-0.05, 0) is 85.7 Å². The Morgan fingerprint density at radius 2 is 1.74 bits per heavy atom. The van der Waals surface area contributed by atoms with E-state index in [1.165, 1.54) is 7.11 Å². The fourth-order valence-corrected chi connectivity index (χ4v) is 5.19. The lowest BCUT2D eigenvalue weighted by atomic mass is 10.00. The Morgan fingerprint density at radius 3 is 2.46 bits per heavy atom. The maximum Gasteiger partial charge on any atom is 0.339 e.